The van der Waals surface area contributed by atoms with Crippen LogP contribution < -0.4 is 0 Å². The van der Waals surface area contributed by atoms with Crippen LogP contribution in [-0.4, -0.2) is 19.1 Å². The van der Waals surface area contributed by atoms with Gasteiger partial charge in [-0.2, -0.15) is 0 Å². The normalized spacial score (nSPS) is 11.9. The number of aromatic nitrogens is 4. The molecule has 0 radical (unpaired) electrons. The minimum Gasteiger partial charge on any atom is -0.309 e. The standard InChI is InChI=1S/C42H26N4/c1-3-9-29(10-4-1)45-37-19-15-27(25-33(37)41-31-13-7-23-43-35(31)17-21-39(41)45)28-16-20-38-34(26-28)42-32-14-8-24-44-36(32)18-22-40(42)46(38)30-11-5-2-6-12-30/h1-26H. The number of rotatable bonds is 3. The van der Waals surface area contributed by atoms with Gasteiger partial charge in [0.05, 0.1) is 33.1 Å². The van der Waals surface area contributed by atoms with Crippen molar-refractivity contribution in [2.45, 2.75) is 0 Å². The van der Waals surface area contributed by atoms with Crippen molar-refractivity contribution < 1.29 is 0 Å². The second kappa shape index (κ2) is 9.62. The molecule has 0 fully saturated rings. The highest BCUT2D eigenvalue weighted by Crippen LogP contribution is 2.41. The van der Waals surface area contributed by atoms with Crippen LogP contribution in [0.3, 0.4) is 0 Å². The van der Waals surface area contributed by atoms with Gasteiger partial charge in [-0.3, -0.25) is 9.97 Å². The molecule has 0 saturated heterocycles. The van der Waals surface area contributed by atoms with Crippen molar-refractivity contribution >= 4 is 65.4 Å². The van der Waals surface area contributed by atoms with Crippen LogP contribution in [0.15, 0.2) is 158 Å². The fourth-order valence-electron chi connectivity index (χ4n) is 7.41. The topological polar surface area (TPSA) is 35.6 Å². The molecule has 0 amide bonds. The zero-order valence-electron chi connectivity index (χ0n) is 24.8. The van der Waals surface area contributed by atoms with E-state index in [9.17, 15) is 0 Å². The van der Waals surface area contributed by atoms with Crippen molar-refractivity contribution in [3.05, 3.63) is 158 Å². The Kier molecular flexibility index (Phi) is 5.25. The number of hydrogen-bond donors (Lipinski definition) is 0. The van der Waals surface area contributed by atoms with Gasteiger partial charge in [-0.1, -0.05) is 60.7 Å². The summed E-state index contributed by atoms with van der Waals surface area (Å²) >= 11 is 0. The van der Waals surface area contributed by atoms with E-state index in [-0.39, 0.29) is 0 Å². The van der Waals surface area contributed by atoms with E-state index in [1.54, 1.807) is 0 Å². The second-order valence-corrected chi connectivity index (χ2v) is 11.9. The summed E-state index contributed by atoms with van der Waals surface area (Å²) in [6, 6.07) is 52.2. The monoisotopic (exact) mass is 586 g/mol. The number of hydrogen-bond acceptors (Lipinski definition) is 2. The molecule has 4 heteroatoms. The Labute approximate surface area is 264 Å². The first-order chi connectivity index (χ1) is 22.8. The molecule has 0 aliphatic carbocycles. The fourth-order valence-corrected chi connectivity index (χ4v) is 7.41. The third-order valence-electron chi connectivity index (χ3n) is 9.38. The van der Waals surface area contributed by atoms with Crippen molar-refractivity contribution in [1.29, 1.82) is 0 Å². The Bertz CT molecular complexity index is 2600. The predicted molar refractivity (Wildman–Crippen MR) is 191 cm³/mol. The minimum absolute atomic E-state index is 1.00. The summed E-state index contributed by atoms with van der Waals surface area (Å²) in [6.45, 7) is 0. The van der Waals surface area contributed by atoms with E-state index in [0.717, 1.165) is 33.2 Å². The van der Waals surface area contributed by atoms with E-state index in [0.29, 0.717) is 0 Å². The van der Waals surface area contributed by atoms with Gasteiger partial charge in [0.1, 0.15) is 0 Å². The quantitative estimate of drug-likeness (QED) is 0.206. The lowest BCUT2D eigenvalue weighted by atomic mass is 9.99. The first-order valence-electron chi connectivity index (χ1n) is 15.6. The number of para-hydroxylation sites is 2. The fraction of sp³-hybridized carbons (Fsp3) is 0. The maximum Gasteiger partial charge on any atom is 0.0709 e. The molecule has 46 heavy (non-hydrogen) atoms. The van der Waals surface area contributed by atoms with E-state index >= 15 is 0 Å². The van der Waals surface area contributed by atoms with Crippen LogP contribution in [0.4, 0.5) is 0 Å². The maximum absolute atomic E-state index is 4.70. The molecule has 4 aromatic heterocycles. The summed E-state index contributed by atoms with van der Waals surface area (Å²) < 4.78 is 4.74. The lowest BCUT2D eigenvalue weighted by Crippen LogP contribution is -1.93. The van der Waals surface area contributed by atoms with Crippen molar-refractivity contribution in [2.75, 3.05) is 0 Å². The molecule has 0 unspecified atom stereocenters. The summed E-state index contributed by atoms with van der Waals surface area (Å²) in [5, 5.41) is 7.22. The lowest BCUT2D eigenvalue weighted by molar-refractivity contribution is 1.18. The van der Waals surface area contributed by atoms with Crippen molar-refractivity contribution in [3.8, 4) is 22.5 Å². The summed E-state index contributed by atoms with van der Waals surface area (Å²) in [6.07, 6.45) is 3.74. The molecule has 4 nitrogen and oxygen atoms in total. The summed E-state index contributed by atoms with van der Waals surface area (Å²) in [5.74, 6) is 0. The van der Waals surface area contributed by atoms with Gasteiger partial charge in [-0.15, -0.1) is 0 Å². The van der Waals surface area contributed by atoms with Gasteiger partial charge in [0.25, 0.3) is 0 Å². The Hall–Kier alpha value is -6.26. The molecule has 0 aliphatic rings. The zero-order valence-corrected chi connectivity index (χ0v) is 24.8. The third kappa shape index (κ3) is 3.55. The van der Waals surface area contributed by atoms with E-state index in [1.165, 1.54) is 54.7 Å². The largest absolute Gasteiger partial charge is 0.309 e. The van der Waals surface area contributed by atoms with Gasteiger partial charge in [0.2, 0.25) is 0 Å². The van der Waals surface area contributed by atoms with Crippen molar-refractivity contribution in [3.63, 3.8) is 0 Å². The van der Waals surface area contributed by atoms with Gasteiger partial charge in [0, 0.05) is 56.1 Å². The molecule has 6 aromatic carbocycles. The van der Waals surface area contributed by atoms with Crippen LogP contribution in [-0.2, 0) is 0 Å². The van der Waals surface area contributed by atoms with E-state index in [2.05, 4.69) is 143 Å². The van der Waals surface area contributed by atoms with Gasteiger partial charge in [0.15, 0.2) is 0 Å². The van der Waals surface area contributed by atoms with Crippen LogP contribution in [0.5, 0.6) is 0 Å². The number of nitrogens with zero attached hydrogens (tertiary/aromatic N) is 4. The van der Waals surface area contributed by atoms with Crippen LogP contribution in [0.25, 0.3) is 87.9 Å². The highest BCUT2D eigenvalue weighted by molar-refractivity contribution is 6.23. The Balaban J connectivity index is 1.28. The predicted octanol–water partition coefficient (Wildman–Crippen LogP) is 10.6. The molecule has 0 saturated carbocycles. The highest BCUT2D eigenvalue weighted by atomic mass is 15.0. The highest BCUT2D eigenvalue weighted by Gasteiger charge is 2.18. The first kappa shape index (κ1) is 25.1. The number of fused-ring (bicyclic) bond motifs is 10. The summed E-state index contributed by atoms with van der Waals surface area (Å²) in [7, 11) is 0. The molecule has 4 heterocycles. The minimum atomic E-state index is 1.00. The molecule has 0 spiro atoms. The molecule has 214 valence electrons. The smallest absolute Gasteiger partial charge is 0.0709 e. The van der Waals surface area contributed by atoms with Crippen LogP contribution in [0.2, 0.25) is 0 Å². The van der Waals surface area contributed by atoms with Crippen LogP contribution in [0.1, 0.15) is 0 Å². The number of benzene rings is 6. The molecule has 10 rings (SSSR count). The molecule has 0 aliphatic heterocycles. The Morgan fingerprint density at radius 2 is 0.783 bits per heavy atom. The summed E-state index contributed by atoms with van der Waals surface area (Å²) in [5.41, 5.74) is 11.4. The maximum atomic E-state index is 4.70. The van der Waals surface area contributed by atoms with Gasteiger partial charge < -0.3 is 9.13 Å². The molecular formula is C42H26N4. The Morgan fingerprint density at radius 3 is 1.24 bits per heavy atom. The average molecular weight is 587 g/mol. The van der Waals surface area contributed by atoms with Crippen molar-refractivity contribution in [1.82, 2.24) is 19.1 Å². The molecule has 0 atom stereocenters. The molecular weight excluding hydrogens is 560 g/mol. The second-order valence-electron chi connectivity index (χ2n) is 11.9. The van der Waals surface area contributed by atoms with Crippen molar-refractivity contribution in [2.24, 2.45) is 0 Å². The zero-order chi connectivity index (χ0) is 30.2. The molecule has 10 aromatic rings. The van der Waals surface area contributed by atoms with Gasteiger partial charge in [-0.05, 0) is 96.1 Å². The lowest BCUT2D eigenvalue weighted by Gasteiger charge is -2.09. The van der Waals surface area contributed by atoms with E-state index in [4.69, 9.17) is 9.97 Å². The van der Waals surface area contributed by atoms with Gasteiger partial charge >= 0.3 is 0 Å². The third-order valence-corrected chi connectivity index (χ3v) is 9.38. The van der Waals surface area contributed by atoms with Crippen LogP contribution in [0, 0.1) is 0 Å². The SMILES string of the molecule is c1ccc(-n2c3ccc(-c4ccc5c(c4)c4c6cccnc6ccc4n5-c4ccccc4)cc3c3c4cccnc4ccc32)cc1. The molecule has 0 N–H and O–H groups in total. The average Bonchev–Trinajstić information content (AvgIpc) is 3.65. The van der Waals surface area contributed by atoms with E-state index in [1.807, 2.05) is 24.5 Å². The van der Waals surface area contributed by atoms with E-state index < -0.39 is 0 Å². The number of pyridine rings is 2. The summed E-state index contributed by atoms with van der Waals surface area (Å²) in [4.78, 5) is 9.40. The van der Waals surface area contributed by atoms with Gasteiger partial charge in [-0.25, -0.2) is 0 Å². The molecule has 0 bridgehead atoms. The first-order valence-corrected chi connectivity index (χ1v) is 15.6. The Morgan fingerprint density at radius 1 is 0.348 bits per heavy atom. The van der Waals surface area contributed by atoms with Crippen LogP contribution >= 0.6 is 0 Å².